The van der Waals surface area contributed by atoms with E-state index in [1.165, 1.54) is 0 Å². The van der Waals surface area contributed by atoms with Crippen molar-refractivity contribution in [3.63, 3.8) is 0 Å². The molecule has 0 bridgehead atoms. The van der Waals surface area contributed by atoms with E-state index in [2.05, 4.69) is 15.3 Å². The Balaban J connectivity index is 1.90. The molecule has 0 spiro atoms. The third-order valence-corrected chi connectivity index (χ3v) is 4.33. The molecule has 2 aromatic carbocycles. The molecular formula is C19H13F2N3O2. The average Bonchev–Trinajstić information content (AvgIpc) is 2.63. The Morgan fingerprint density at radius 3 is 2.58 bits per heavy atom. The Morgan fingerprint density at radius 1 is 1.04 bits per heavy atom. The summed E-state index contributed by atoms with van der Waals surface area (Å²) in [6.07, 6.45) is -0.164. The summed E-state index contributed by atoms with van der Waals surface area (Å²) in [6.45, 7) is 0. The van der Waals surface area contributed by atoms with Crippen molar-refractivity contribution in [1.82, 2.24) is 9.97 Å². The van der Waals surface area contributed by atoms with Gasteiger partial charge in [-0.15, -0.1) is 0 Å². The van der Waals surface area contributed by atoms with Crippen LogP contribution in [0.2, 0.25) is 0 Å². The van der Waals surface area contributed by atoms with Gasteiger partial charge in [-0.25, -0.2) is 13.8 Å². The highest BCUT2D eigenvalue weighted by atomic mass is 19.1. The molecule has 1 aliphatic rings. The summed E-state index contributed by atoms with van der Waals surface area (Å²) in [5.74, 6) is -2.28. The molecule has 7 heteroatoms. The van der Waals surface area contributed by atoms with Crippen LogP contribution in [-0.4, -0.2) is 15.9 Å². The number of hydrogen-bond acceptors (Lipinski definition) is 3. The fourth-order valence-electron chi connectivity index (χ4n) is 3.15. The molecule has 2 heterocycles. The summed E-state index contributed by atoms with van der Waals surface area (Å²) in [7, 11) is 0. The smallest absolute Gasteiger partial charge is 0.257 e. The maximum atomic E-state index is 14.2. The Morgan fingerprint density at radius 2 is 1.81 bits per heavy atom. The summed E-state index contributed by atoms with van der Waals surface area (Å²) >= 11 is 0. The minimum atomic E-state index is -0.907. The first-order chi connectivity index (χ1) is 12.5. The maximum absolute atomic E-state index is 14.2. The summed E-state index contributed by atoms with van der Waals surface area (Å²) in [5, 5.41) is 2.56. The summed E-state index contributed by atoms with van der Waals surface area (Å²) < 4.78 is 27.8. The van der Waals surface area contributed by atoms with E-state index >= 15 is 0 Å². The lowest BCUT2D eigenvalue weighted by atomic mass is 9.86. The molecule has 3 aromatic rings. The Kier molecular flexibility index (Phi) is 3.84. The van der Waals surface area contributed by atoms with E-state index in [1.807, 2.05) is 6.07 Å². The van der Waals surface area contributed by atoms with E-state index in [9.17, 15) is 18.4 Å². The molecule has 1 atom stereocenters. The van der Waals surface area contributed by atoms with Crippen LogP contribution in [0.4, 0.5) is 14.6 Å². The predicted octanol–water partition coefficient (Wildman–Crippen LogP) is 3.19. The zero-order valence-corrected chi connectivity index (χ0v) is 13.4. The van der Waals surface area contributed by atoms with E-state index in [4.69, 9.17) is 0 Å². The van der Waals surface area contributed by atoms with Crippen molar-refractivity contribution in [3.8, 4) is 11.4 Å². The third-order valence-electron chi connectivity index (χ3n) is 4.33. The molecule has 0 saturated heterocycles. The number of nitrogens with zero attached hydrogens (tertiary/aromatic N) is 1. The molecule has 0 saturated carbocycles. The number of carbonyl (C=O) groups excluding carboxylic acids is 1. The van der Waals surface area contributed by atoms with Crippen LogP contribution in [0.25, 0.3) is 11.4 Å². The second-order valence-electron chi connectivity index (χ2n) is 6.01. The first kappa shape index (κ1) is 16.1. The van der Waals surface area contributed by atoms with Gasteiger partial charge in [0.15, 0.2) is 0 Å². The molecule has 1 amide bonds. The molecule has 26 heavy (non-hydrogen) atoms. The van der Waals surface area contributed by atoms with Gasteiger partial charge >= 0.3 is 0 Å². The number of fused-ring (bicyclic) bond motifs is 1. The Labute approximate surface area is 146 Å². The van der Waals surface area contributed by atoms with Crippen LogP contribution in [0.1, 0.15) is 23.5 Å². The molecule has 130 valence electrons. The largest absolute Gasteiger partial charge is 0.310 e. The number of nitrogens with one attached hydrogen (secondary N) is 2. The van der Waals surface area contributed by atoms with Crippen LogP contribution in [0.15, 0.2) is 53.3 Å². The van der Waals surface area contributed by atoms with Gasteiger partial charge < -0.3 is 10.3 Å². The van der Waals surface area contributed by atoms with Crippen LogP contribution in [0.5, 0.6) is 0 Å². The molecule has 0 fully saturated rings. The molecule has 1 aliphatic heterocycles. The topological polar surface area (TPSA) is 74.8 Å². The number of aromatic nitrogens is 2. The van der Waals surface area contributed by atoms with Gasteiger partial charge in [-0.2, -0.15) is 0 Å². The molecular weight excluding hydrogens is 340 g/mol. The molecule has 5 nitrogen and oxygen atoms in total. The number of aromatic amines is 1. The molecule has 4 rings (SSSR count). The van der Waals surface area contributed by atoms with Crippen molar-refractivity contribution >= 4 is 11.7 Å². The van der Waals surface area contributed by atoms with Crippen molar-refractivity contribution in [2.24, 2.45) is 0 Å². The number of halogens is 2. The van der Waals surface area contributed by atoms with Gasteiger partial charge in [0.05, 0.1) is 5.56 Å². The molecule has 1 unspecified atom stereocenters. The van der Waals surface area contributed by atoms with Gasteiger partial charge in [0.2, 0.25) is 5.91 Å². The van der Waals surface area contributed by atoms with Crippen LogP contribution in [0, 0.1) is 11.6 Å². The third kappa shape index (κ3) is 2.77. The fourth-order valence-corrected chi connectivity index (χ4v) is 3.15. The van der Waals surface area contributed by atoms with E-state index < -0.39 is 29.0 Å². The summed E-state index contributed by atoms with van der Waals surface area (Å²) in [4.78, 5) is 31.8. The minimum absolute atomic E-state index is 0.0409. The minimum Gasteiger partial charge on any atom is -0.310 e. The first-order valence-corrected chi connectivity index (χ1v) is 7.97. The number of amides is 1. The Bertz CT molecular complexity index is 1060. The van der Waals surface area contributed by atoms with E-state index in [0.717, 1.165) is 18.2 Å². The average molecular weight is 353 g/mol. The first-order valence-electron chi connectivity index (χ1n) is 7.97. The van der Waals surface area contributed by atoms with E-state index in [0.29, 0.717) is 5.56 Å². The number of benzene rings is 2. The van der Waals surface area contributed by atoms with Gasteiger partial charge in [-0.1, -0.05) is 30.3 Å². The quantitative estimate of drug-likeness (QED) is 0.743. The second-order valence-corrected chi connectivity index (χ2v) is 6.01. The van der Waals surface area contributed by atoms with Crippen molar-refractivity contribution in [3.05, 3.63) is 81.6 Å². The predicted molar refractivity (Wildman–Crippen MR) is 91.7 cm³/mol. The number of hydrogen-bond donors (Lipinski definition) is 2. The molecule has 0 aliphatic carbocycles. The summed E-state index contributed by atoms with van der Waals surface area (Å²) in [5.41, 5.74) is 0.248. The van der Waals surface area contributed by atoms with Crippen LogP contribution >= 0.6 is 0 Å². The van der Waals surface area contributed by atoms with E-state index in [1.54, 1.807) is 24.3 Å². The lowest BCUT2D eigenvalue weighted by Gasteiger charge is -2.25. The lowest BCUT2D eigenvalue weighted by Crippen LogP contribution is -2.31. The van der Waals surface area contributed by atoms with Gasteiger partial charge in [0.1, 0.15) is 23.3 Å². The van der Waals surface area contributed by atoms with Crippen LogP contribution in [-0.2, 0) is 4.79 Å². The van der Waals surface area contributed by atoms with Crippen molar-refractivity contribution < 1.29 is 13.6 Å². The van der Waals surface area contributed by atoms with Gasteiger partial charge in [-0.05, 0) is 23.8 Å². The lowest BCUT2D eigenvalue weighted by molar-refractivity contribution is -0.116. The second kappa shape index (κ2) is 6.18. The van der Waals surface area contributed by atoms with Crippen molar-refractivity contribution in [2.75, 3.05) is 5.32 Å². The highest BCUT2D eigenvalue weighted by Crippen LogP contribution is 2.35. The van der Waals surface area contributed by atoms with E-state index in [-0.39, 0.29) is 29.2 Å². The molecule has 2 N–H and O–H groups in total. The highest BCUT2D eigenvalue weighted by Gasteiger charge is 2.32. The maximum Gasteiger partial charge on any atom is 0.257 e. The highest BCUT2D eigenvalue weighted by molar-refractivity contribution is 5.94. The van der Waals surface area contributed by atoms with Gasteiger partial charge in [0.25, 0.3) is 5.56 Å². The van der Waals surface area contributed by atoms with Crippen LogP contribution in [0.3, 0.4) is 0 Å². The van der Waals surface area contributed by atoms with Crippen molar-refractivity contribution in [1.29, 1.82) is 0 Å². The SMILES string of the molecule is O=C1CC(c2cc(F)ccc2F)c2c(nc(-c3ccccc3)[nH]c2=O)N1. The van der Waals surface area contributed by atoms with Gasteiger partial charge in [0, 0.05) is 17.9 Å². The standard InChI is InChI=1S/C19H13F2N3O2/c20-11-6-7-14(21)12(8-11)13-9-15(25)22-18-16(13)19(26)24-17(23-18)10-4-2-1-3-5-10/h1-8,13H,9H2,(H2,22,23,24,25,26). The van der Waals surface area contributed by atoms with Gasteiger partial charge in [-0.3, -0.25) is 9.59 Å². The zero-order chi connectivity index (χ0) is 18.3. The number of rotatable bonds is 2. The number of H-pyrrole nitrogens is 1. The fraction of sp³-hybridized carbons (Fsp3) is 0.105. The van der Waals surface area contributed by atoms with Crippen LogP contribution < -0.4 is 10.9 Å². The zero-order valence-electron chi connectivity index (χ0n) is 13.4. The molecule has 0 radical (unpaired) electrons. The number of carbonyl (C=O) groups is 1. The number of anilines is 1. The monoisotopic (exact) mass is 353 g/mol. The Hall–Kier alpha value is -3.35. The summed E-state index contributed by atoms with van der Waals surface area (Å²) in [6, 6.07) is 11.9. The normalized spacial score (nSPS) is 16.1. The molecule has 1 aromatic heterocycles. The van der Waals surface area contributed by atoms with Crippen molar-refractivity contribution in [2.45, 2.75) is 12.3 Å².